The molecule has 4 rings (SSSR count). The van der Waals surface area contributed by atoms with Gasteiger partial charge in [0.05, 0.1) is 0 Å². The molecule has 2 aliphatic rings. The van der Waals surface area contributed by atoms with E-state index in [0.29, 0.717) is 11.3 Å². The van der Waals surface area contributed by atoms with Gasteiger partial charge in [0, 0.05) is 43.3 Å². The molecule has 2 amide bonds. The van der Waals surface area contributed by atoms with Crippen molar-refractivity contribution in [3.63, 3.8) is 0 Å². The summed E-state index contributed by atoms with van der Waals surface area (Å²) in [5.74, 6) is -0.447. The van der Waals surface area contributed by atoms with E-state index in [-0.39, 0.29) is 54.6 Å². The number of phenolic OH excluding ortho intramolecular Hbond substituents is 1. The van der Waals surface area contributed by atoms with Crippen LogP contribution in [0.1, 0.15) is 28.8 Å². The van der Waals surface area contributed by atoms with Crippen molar-refractivity contribution in [2.24, 2.45) is 5.92 Å². The third-order valence-corrected chi connectivity index (χ3v) is 7.51. The number of anilines is 1. The summed E-state index contributed by atoms with van der Waals surface area (Å²) < 4.78 is 27.2. The van der Waals surface area contributed by atoms with Crippen molar-refractivity contribution >= 4 is 27.5 Å². The molecular formula is C22H25N3O5S. The van der Waals surface area contributed by atoms with Crippen LogP contribution in [-0.2, 0) is 14.8 Å². The van der Waals surface area contributed by atoms with Gasteiger partial charge in [-0.15, -0.1) is 0 Å². The zero-order chi connectivity index (χ0) is 22.2. The lowest BCUT2D eigenvalue weighted by Crippen LogP contribution is -2.50. The number of aryl methyl sites for hydroxylation is 1. The molecule has 2 fully saturated rings. The standard InChI is InChI=1S/C22H25N3O5S/c1-15-5-8-19(26)20(13-15)31(29,30)25-11-9-24(10-12-25)22(28)17-3-2-4-18(14-17)23-21(27)16-6-7-16/h2-5,8,13-14,16,26H,6-7,9-12H2,1H3,(H,23,27). The number of rotatable bonds is 5. The summed E-state index contributed by atoms with van der Waals surface area (Å²) in [6.07, 6.45) is 1.80. The molecule has 1 saturated heterocycles. The summed E-state index contributed by atoms with van der Waals surface area (Å²) in [5, 5.41) is 12.9. The average Bonchev–Trinajstić information content (AvgIpc) is 3.61. The number of hydrogen-bond donors (Lipinski definition) is 2. The highest BCUT2D eigenvalue weighted by Crippen LogP contribution is 2.30. The van der Waals surface area contributed by atoms with Gasteiger partial charge in [0.1, 0.15) is 10.6 Å². The lowest BCUT2D eigenvalue weighted by Gasteiger charge is -2.34. The molecule has 0 radical (unpaired) electrons. The van der Waals surface area contributed by atoms with Crippen LogP contribution < -0.4 is 5.32 Å². The minimum absolute atomic E-state index is 0.0252. The van der Waals surface area contributed by atoms with Crippen LogP contribution in [0.4, 0.5) is 5.69 Å². The van der Waals surface area contributed by atoms with E-state index in [4.69, 9.17) is 0 Å². The number of amides is 2. The number of benzene rings is 2. The van der Waals surface area contributed by atoms with Crippen molar-refractivity contribution in [2.75, 3.05) is 31.5 Å². The molecular weight excluding hydrogens is 418 g/mol. The number of carbonyl (C=O) groups excluding carboxylic acids is 2. The van der Waals surface area contributed by atoms with Crippen LogP contribution >= 0.6 is 0 Å². The summed E-state index contributed by atoms with van der Waals surface area (Å²) >= 11 is 0. The first-order valence-electron chi connectivity index (χ1n) is 10.3. The zero-order valence-electron chi connectivity index (χ0n) is 17.2. The Morgan fingerprint density at radius 3 is 2.42 bits per heavy atom. The lowest BCUT2D eigenvalue weighted by molar-refractivity contribution is -0.117. The van der Waals surface area contributed by atoms with Crippen LogP contribution in [0.25, 0.3) is 0 Å². The maximum absolute atomic E-state index is 12.9. The first-order chi connectivity index (χ1) is 14.8. The zero-order valence-corrected chi connectivity index (χ0v) is 18.1. The molecule has 1 heterocycles. The summed E-state index contributed by atoms with van der Waals surface area (Å²) in [5.41, 5.74) is 1.76. The van der Waals surface area contributed by atoms with Crippen LogP contribution in [0.2, 0.25) is 0 Å². The van der Waals surface area contributed by atoms with Crippen molar-refractivity contribution in [1.82, 2.24) is 9.21 Å². The maximum Gasteiger partial charge on any atom is 0.254 e. The van der Waals surface area contributed by atoms with Gasteiger partial charge in [0.2, 0.25) is 15.9 Å². The van der Waals surface area contributed by atoms with E-state index in [1.54, 1.807) is 42.2 Å². The van der Waals surface area contributed by atoms with E-state index in [9.17, 15) is 23.1 Å². The fourth-order valence-corrected chi connectivity index (χ4v) is 5.19. The second-order valence-corrected chi connectivity index (χ2v) is 9.92. The Bertz CT molecular complexity index is 1120. The molecule has 1 saturated carbocycles. The monoisotopic (exact) mass is 443 g/mol. The summed E-state index contributed by atoms with van der Waals surface area (Å²) in [4.78, 5) is 26.4. The smallest absolute Gasteiger partial charge is 0.254 e. The molecule has 164 valence electrons. The van der Waals surface area contributed by atoms with Gasteiger partial charge in [-0.05, 0) is 55.7 Å². The SMILES string of the molecule is Cc1ccc(O)c(S(=O)(=O)N2CCN(C(=O)c3cccc(NC(=O)C4CC4)c3)CC2)c1. The van der Waals surface area contributed by atoms with Crippen molar-refractivity contribution in [1.29, 1.82) is 0 Å². The predicted octanol–water partition coefficient (Wildman–Crippen LogP) is 2.20. The molecule has 0 aromatic heterocycles. The molecule has 8 nitrogen and oxygen atoms in total. The molecule has 0 spiro atoms. The number of hydrogen-bond acceptors (Lipinski definition) is 5. The molecule has 1 aliphatic carbocycles. The summed E-state index contributed by atoms with van der Waals surface area (Å²) in [7, 11) is -3.85. The van der Waals surface area contributed by atoms with E-state index in [1.165, 1.54) is 16.4 Å². The minimum atomic E-state index is -3.85. The van der Waals surface area contributed by atoms with Gasteiger partial charge in [-0.1, -0.05) is 12.1 Å². The second kappa shape index (κ2) is 8.32. The Morgan fingerprint density at radius 1 is 1.03 bits per heavy atom. The van der Waals surface area contributed by atoms with E-state index >= 15 is 0 Å². The van der Waals surface area contributed by atoms with Crippen LogP contribution in [0.5, 0.6) is 5.75 Å². The van der Waals surface area contributed by atoms with Crippen molar-refractivity contribution < 1.29 is 23.1 Å². The third-order valence-electron chi connectivity index (χ3n) is 5.58. The average molecular weight is 444 g/mol. The van der Waals surface area contributed by atoms with Gasteiger partial charge >= 0.3 is 0 Å². The Kier molecular flexibility index (Phi) is 5.72. The van der Waals surface area contributed by atoms with E-state index in [0.717, 1.165) is 18.4 Å². The number of nitrogens with zero attached hydrogens (tertiary/aromatic N) is 2. The fourth-order valence-electron chi connectivity index (χ4n) is 3.60. The molecule has 31 heavy (non-hydrogen) atoms. The number of carbonyl (C=O) groups is 2. The first kappa shape index (κ1) is 21.3. The fraction of sp³-hybridized carbons (Fsp3) is 0.364. The Hall–Kier alpha value is -2.91. The maximum atomic E-state index is 12.9. The predicted molar refractivity (Wildman–Crippen MR) is 115 cm³/mol. The molecule has 1 aliphatic heterocycles. The van der Waals surface area contributed by atoms with E-state index < -0.39 is 10.0 Å². The summed E-state index contributed by atoms with van der Waals surface area (Å²) in [6.45, 7) is 2.52. The highest BCUT2D eigenvalue weighted by Gasteiger charge is 2.32. The Balaban J connectivity index is 1.42. The van der Waals surface area contributed by atoms with Gasteiger partial charge in [0.15, 0.2) is 0 Å². The number of sulfonamides is 1. The molecule has 2 aromatic rings. The normalized spacial score (nSPS) is 17.4. The Morgan fingerprint density at radius 2 is 1.74 bits per heavy atom. The molecule has 0 atom stereocenters. The highest BCUT2D eigenvalue weighted by molar-refractivity contribution is 7.89. The molecule has 9 heteroatoms. The first-order valence-corrected chi connectivity index (χ1v) is 11.7. The van der Waals surface area contributed by atoms with Crippen LogP contribution in [-0.4, -0.2) is 60.7 Å². The number of aromatic hydroxyl groups is 1. The number of piperazine rings is 1. The Labute approximate surface area is 181 Å². The van der Waals surface area contributed by atoms with Crippen LogP contribution in [0, 0.1) is 12.8 Å². The highest BCUT2D eigenvalue weighted by atomic mass is 32.2. The van der Waals surface area contributed by atoms with Crippen molar-refractivity contribution in [3.8, 4) is 5.75 Å². The van der Waals surface area contributed by atoms with Gasteiger partial charge in [-0.3, -0.25) is 9.59 Å². The van der Waals surface area contributed by atoms with Crippen molar-refractivity contribution in [3.05, 3.63) is 53.6 Å². The third kappa shape index (κ3) is 4.57. The van der Waals surface area contributed by atoms with E-state index in [1.807, 2.05) is 0 Å². The second-order valence-electron chi connectivity index (χ2n) is 8.01. The van der Waals surface area contributed by atoms with Crippen LogP contribution in [0.3, 0.4) is 0 Å². The number of phenols is 1. The van der Waals surface area contributed by atoms with Crippen LogP contribution in [0.15, 0.2) is 47.4 Å². The molecule has 0 bridgehead atoms. The molecule has 2 N–H and O–H groups in total. The molecule has 2 aromatic carbocycles. The largest absolute Gasteiger partial charge is 0.507 e. The summed E-state index contributed by atoms with van der Waals surface area (Å²) in [6, 6.07) is 11.3. The topological polar surface area (TPSA) is 107 Å². The van der Waals surface area contributed by atoms with E-state index in [2.05, 4.69) is 5.32 Å². The van der Waals surface area contributed by atoms with Gasteiger partial charge in [-0.2, -0.15) is 4.31 Å². The quantitative estimate of drug-likeness (QED) is 0.737. The van der Waals surface area contributed by atoms with Crippen molar-refractivity contribution in [2.45, 2.75) is 24.7 Å². The van der Waals surface area contributed by atoms with Gasteiger partial charge in [-0.25, -0.2) is 8.42 Å². The van der Waals surface area contributed by atoms with Gasteiger partial charge in [0.25, 0.3) is 5.91 Å². The minimum Gasteiger partial charge on any atom is -0.507 e. The van der Waals surface area contributed by atoms with Gasteiger partial charge < -0.3 is 15.3 Å². The number of nitrogens with one attached hydrogen (secondary N) is 1. The lowest BCUT2D eigenvalue weighted by atomic mass is 10.1. The molecule has 0 unspecified atom stereocenters.